The van der Waals surface area contributed by atoms with Gasteiger partial charge < -0.3 is 19.9 Å². The van der Waals surface area contributed by atoms with Gasteiger partial charge in [-0.25, -0.2) is 9.18 Å². The second-order valence-electron chi connectivity index (χ2n) is 5.56. The van der Waals surface area contributed by atoms with Crippen molar-refractivity contribution >= 4 is 11.9 Å². The molecule has 2 N–H and O–H groups in total. The normalized spacial score (nSPS) is 11.6. The van der Waals surface area contributed by atoms with Crippen molar-refractivity contribution in [2.24, 2.45) is 0 Å². The van der Waals surface area contributed by atoms with Crippen LogP contribution in [0.1, 0.15) is 22.3 Å². The molecule has 1 atom stereocenters. The third-order valence-electron chi connectivity index (χ3n) is 3.65. The predicted octanol–water partition coefficient (Wildman–Crippen LogP) is 2.62. The average Bonchev–Trinajstić information content (AvgIpc) is 2.64. The number of carboxylic acids is 1. The molecule has 0 spiro atoms. The molecular formula is C19H20FNO5. The maximum atomic E-state index is 12.9. The van der Waals surface area contributed by atoms with Gasteiger partial charge in [-0.3, -0.25) is 4.79 Å². The van der Waals surface area contributed by atoms with Crippen LogP contribution in [0.4, 0.5) is 4.39 Å². The van der Waals surface area contributed by atoms with Crippen LogP contribution >= 0.6 is 0 Å². The van der Waals surface area contributed by atoms with Gasteiger partial charge in [0.15, 0.2) is 0 Å². The van der Waals surface area contributed by atoms with Gasteiger partial charge in [0.2, 0.25) is 0 Å². The van der Waals surface area contributed by atoms with Crippen LogP contribution in [0.15, 0.2) is 48.5 Å². The maximum absolute atomic E-state index is 12.9. The highest BCUT2D eigenvalue weighted by molar-refractivity contribution is 5.98. The van der Waals surface area contributed by atoms with Crippen LogP contribution in [-0.2, 0) is 16.1 Å². The van der Waals surface area contributed by atoms with Crippen LogP contribution < -0.4 is 10.1 Å². The van der Waals surface area contributed by atoms with E-state index in [0.29, 0.717) is 5.75 Å². The summed E-state index contributed by atoms with van der Waals surface area (Å²) in [6.07, 6.45) is 0.149. The van der Waals surface area contributed by atoms with E-state index in [1.54, 1.807) is 36.4 Å². The van der Waals surface area contributed by atoms with Crippen molar-refractivity contribution in [2.75, 3.05) is 13.7 Å². The van der Waals surface area contributed by atoms with E-state index in [1.165, 1.54) is 19.2 Å². The van der Waals surface area contributed by atoms with Crippen LogP contribution in [0, 0.1) is 5.82 Å². The number of rotatable bonds is 9. The summed E-state index contributed by atoms with van der Waals surface area (Å²) in [6, 6.07) is 11.3. The summed E-state index contributed by atoms with van der Waals surface area (Å²) in [5, 5.41) is 11.7. The van der Waals surface area contributed by atoms with Crippen molar-refractivity contribution in [2.45, 2.75) is 19.1 Å². The number of hydrogen-bond acceptors (Lipinski definition) is 4. The summed E-state index contributed by atoms with van der Waals surface area (Å²) in [4.78, 5) is 23.7. The summed E-state index contributed by atoms with van der Waals surface area (Å²) in [6.45, 7) is 0.358. The van der Waals surface area contributed by atoms with Crippen LogP contribution in [-0.4, -0.2) is 36.7 Å². The number of carbonyl (C=O) groups is 2. The van der Waals surface area contributed by atoms with Gasteiger partial charge >= 0.3 is 5.97 Å². The molecule has 0 radical (unpaired) electrons. The number of amides is 1. The third-order valence-corrected chi connectivity index (χ3v) is 3.65. The number of benzene rings is 2. The first-order chi connectivity index (χ1) is 12.5. The third kappa shape index (κ3) is 5.56. The zero-order chi connectivity index (χ0) is 18.9. The minimum atomic E-state index is -1.14. The van der Waals surface area contributed by atoms with Crippen LogP contribution in [0.3, 0.4) is 0 Å². The SMILES string of the molecule is COCCC(NC(=O)c1ccccc1OCc1ccc(F)cc1)C(=O)O. The largest absolute Gasteiger partial charge is 0.488 e. The Morgan fingerprint density at radius 1 is 1.15 bits per heavy atom. The lowest BCUT2D eigenvalue weighted by Gasteiger charge is -2.16. The van der Waals surface area contributed by atoms with E-state index >= 15 is 0 Å². The molecule has 0 aromatic heterocycles. The summed E-state index contributed by atoms with van der Waals surface area (Å²) >= 11 is 0. The highest BCUT2D eigenvalue weighted by Gasteiger charge is 2.22. The van der Waals surface area contributed by atoms with Crippen molar-refractivity contribution < 1.29 is 28.6 Å². The number of methoxy groups -OCH3 is 1. The lowest BCUT2D eigenvalue weighted by Crippen LogP contribution is -2.41. The molecule has 0 heterocycles. The highest BCUT2D eigenvalue weighted by atomic mass is 19.1. The molecule has 0 saturated heterocycles. The molecule has 0 fully saturated rings. The van der Waals surface area contributed by atoms with Gasteiger partial charge in [-0.05, 0) is 29.8 Å². The molecule has 138 valence electrons. The minimum Gasteiger partial charge on any atom is -0.488 e. The first-order valence-electron chi connectivity index (χ1n) is 8.00. The average molecular weight is 361 g/mol. The number of nitrogens with one attached hydrogen (secondary N) is 1. The topological polar surface area (TPSA) is 84.9 Å². The smallest absolute Gasteiger partial charge is 0.326 e. The number of carboxylic acid groups (broad SMARTS) is 1. The van der Waals surface area contributed by atoms with E-state index < -0.39 is 17.9 Å². The maximum Gasteiger partial charge on any atom is 0.326 e. The molecule has 0 aliphatic rings. The fraction of sp³-hybridized carbons (Fsp3) is 0.263. The van der Waals surface area contributed by atoms with Crippen LogP contribution in [0.2, 0.25) is 0 Å². The van der Waals surface area contributed by atoms with Crippen LogP contribution in [0.5, 0.6) is 5.75 Å². The zero-order valence-corrected chi connectivity index (χ0v) is 14.3. The summed E-state index contributed by atoms with van der Waals surface area (Å²) < 4.78 is 23.5. The molecule has 2 aromatic carbocycles. The van der Waals surface area contributed by atoms with E-state index in [1.807, 2.05) is 0 Å². The van der Waals surface area contributed by atoms with Gasteiger partial charge in [0.1, 0.15) is 24.2 Å². The fourth-order valence-electron chi connectivity index (χ4n) is 2.25. The molecule has 1 amide bonds. The molecular weight excluding hydrogens is 341 g/mol. The van der Waals surface area contributed by atoms with Gasteiger partial charge in [0.25, 0.3) is 5.91 Å². The molecule has 7 heteroatoms. The van der Waals surface area contributed by atoms with Gasteiger partial charge in [0, 0.05) is 20.1 Å². The highest BCUT2D eigenvalue weighted by Crippen LogP contribution is 2.20. The lowest BCUT2D eigenvalue weighted by atomic mass is 10.1. The van der Waals surface area contributed by atoms with Gasteiger partial charge in [0.05, 0.1) is 5.56 Å². The Morgan fingerprint density at radius 3 is 2.50 bits per heavy atom. The Bertz CT molecular complexity index is 748. The molecule has 26 heavy (non-hydrogen) atoms. The molecule has 0 aliphatic carbocycles. The quantitative estimate of drug-likeness (QED) is 0.717. The second kappa shape index (κ2) is 9.53. The number of ether oxygens (including phenoxy) is 2. The zero-order valence-electron chi connectivity index (χ0n) is 14.3. The lowest BCUT2D eigenvalue weighted by molar-refractivity contribution is -0.139. The Balaban J connectivity index is 2.07. The Morgan fingerprint density at radius 2 is 1.85 bits per heavy atom. The van der Waals surface area contributed by atoms with Crippen molar-refractivity contribution in [1.82, 2.24) is 5.32 Å². The van der Waals surface area contributed by atoms with Crippen molar-refractivity contribution in [3.63, 3.8) is 0 Å². The molecule has 0 aliphatic heterocycles. The molecule has 2 rings (SSSR count). The van der Waals surface area contributed by atoms with Crippen molar-refractivity contribution in [3.05, 3.63) is 65.5 Å². The van der Waals surface area contributed by atoms with Crippen molar-refractivity contribution in [1.29, 1.82) is 0 Å². The molecule has 1 unspecified atom stereocenters. The number of carbonyl (C=O) groups excluding carboxylic acids is 1. The van der Waals surface area contributed by atoms with E-state index in [9.17, 15) is 19.1 Å². The summed E-state index contributed by atoms with van der Waals surface area (Å²) in [7, 11) is 1.46. The predicted molar refractivity (Wildman–Crippen MR) is 92.6 cm³/mol. The van der Waals surface area contributed by atoms with E-state index in [4.69, 9.17) is 9.47 Å². The second-order valence-corrected chi connectivity index (χ2v) is 5.56. The fourth-order valence-corrected chi connectivity index (χ4v) is 2.25. The molecule has 2 aromatic rings. The first kappa shape index (κ1) is 19.4. The molecule has 6 nitrogen and oxygen atoms in total. The number of aliphatic carboxylic acids is 1. The monoisotopic (exact) mass is 361 g/mol. The number of para-hydroxylation sites is 1. The van der Waals surface area contributed by atoms with E-state index in [-0.39, 0.29) is 31.0 Å². The number of hydrogen-bond donors (Lipinski definition) is 2. The van der Waals surface area contributed by atoms with Crippen LogP contribution in [0.25, 0.3) is 0 Å². The van der Waals surface area contributed by atoms with E-state index in [0.717, 1.165) is 5.56 Å². The minimum absolute atomic E-state index is 0.149. The first-order valence-corrected chi connectivity index (χ1v) is 8.00. The Kier molecular flexibility index (Phi) is 7.11. The van der Waals surface area contributed by atoms with Crippen molar-refractivity contribution in [3.8, 4) is 5.75 Å². The molecule has 0 saturated carbocycles. The Labute approximate surface area is 150 Å². The van der Waals surface area contributed by atoms with E-state index in [2.05, 4.69) is 5.32 Å². The van der Waals surface area contributed by atoms with Gasteiger partial charge in [-0.1, -0.05) is 24.3 Å². The van der Waals surface area contributed by atoms with Gasteiger partial charge in [-0.2, -0.15) is 0 Å². The number of halogens is 1. The Hall–Kier alpha value is -2.93. The summed E-state index contributed by atoms with van der Waals surface area (Å²) in [5.41, 5.74) is 0.961. The van der Waals surface area contributed by atoms with Gasteiger partial charge in [-0.15, -0.1) is 0 Å². The summed E-state index contributed by atoms with van der Waals surface area (Å²) in [5.74, 6) is -1.72. The standard InChI is InChI=1S/C19H20FNO5/c1-25-11-10-16(19(23)24)21-18(22)15-4-2-3-5-17(15)26-12-13-6-8-14(20)9-7-13/h2-9,16H,10-12H2,1H3,(H,21,22)(H,23,24). The molecule has 0 bridgehead atoms.